The summed E-state index contributed by atoms with van der Waals surface area (Å²) in [5.74, 6) is 1.71. The van der Waals surface area contributed by atoms with Gasteiger partial charge >= 0.3 is 0 Å². The van der Waals surface area contributed by atoms with Crippen molar-refractivity contribution in [1.29, 1.82) is 0 Å². The Morgan fingerprint density at radius 1 is 1.41 bits per heavy atom. The summed E-state index contributed by atoms with van der Waals surface area (Å²) in [4.78, 5) is 4.35. The summed E-state index contributed by atoms with van der Waals surface area (Å²) in [6.07, 6.45) is 2.63. The highest BCUT2D eigenvalue weighted by Crippen LogP contribution is 2.34. The van der Waals surface area contributed by atoms with Crippen LogP contribution in [0, 0.1) is 0 Å². The topological polar surface area (TPSA) is 46.3 Å². The van der Waals surface area contributed by atoms with E-state index in [1.54, 1.807) is 11.8 Å². The Balaban J connectivity index is 2.64. The van der Waals surface area contributed by atoms with Gasteiger partial charge in [-0.15, -0.1) is 11.8 Å². The Hall–Kier alpha value is -0.480. The number of hydrogen-bond acceptors (Lipinski definition) is 4. The number of thioether (sulfide) groups is 1. The minimum absolute atomic E-state index is 0.00630. The molecule has 1 aromatic heterocycles. The summed E-state index contributed by atoms with van der Waals surface area (Å²) < 4.78 is 5.79. The van der Waals surface area contributed by atoms with Gasteiger partial charge in [-0.2, -0.15) is 0 Å². The van der Waals surface area contributed by atoms with Gasteiger partial charge in [0.05, 0.1) is 11.4 Å². The van der Waals surface area contributed by atoms with Crippen molar-refractivity contribution in [3.8, 4) is 0 Å². The Labute approximate surface area is 108 Å². The Morgan fingerprint density at radius 2 is 2.06 bits per heavy atom. The average Bonchev–Trinajstić information content (AvgIpc) is 2.65. The fourth-order valence-corrected chi connectivity index (χ4v) is 2.64. The number of oxazole rings is 1. The first-order valence-corrected chi connectivity index (χ1v) is 7.01. The minimum atomic E-state index is 0.00630. The van der Waals surface area contributed by atoms with E-state index in [2.05, 4.69) is 39.6 Å². The zero-order chi connectivity index (χ0) is 13.1. The second kappa shape index (κ2) is 5.91. The number of hydrogen-bond donors (Lipinski definition) is 1. The molecule has 0 fully saturated rings. The van der Waals surface area contributed by atoms with Crippen molar-refractivity contribution in [2.24, 2.45) is 0 Å². The zero-order valence-corrected chi connectivity index (χ0v) is 12.2. The van der Waals surface area contributed by atoms with E-state index in [1.807, 2.05) is 6.20 Å². The zero-order valence-electron chi connectivity index (χ0n) is 11.4. The first-order chi connectivity index (χ1) is 7.84. The smallest absolute Gasteiger partial charge is 0.207 e. The molecule has 3 nitrogen and oxygen atoms in total. The van der Waals surface area contributed by atoms with E-state index in [4.69, 9.17) is 9.52 Å². The van der Waals surface area contributed by atoms with E-state index in [0.29, 0.717) is 5.25 Å². The molecule has 0 aliphatic heterocycles. The lowest BCUT2D eigenvalue weighted by Crippen LogP contribution is -2.09. The third-order valence-electron chi connectivity index (χ3n) is 2.58. The van der Waals surface area contributed by atoms with Gasteiger partial charge < -0.3 is 9.52 Å². The quantitative estimate of drug-likeness (QED) is 0.876. The van der Waals surface area contributed by atoms with Crippen molar-refractivity contribution in [3.05, 3.63) is 17.8 Å². The first-order valence-electron chi connectivity index (χ1n) is 6.07. The highest BCUT2D eigenvalue weighted by Gasteiger charge is 2.22. The Bertz CT molecular complexity index is 343. The Morgan fingerprint density at radius 3 is 2.53 bits per heavy atom. The van der Waals surface area contributed by atoms with Crippen molar-refractivity contribution < 1.29 is 9.52 Å². The van der Waals surface area contributed by atoms with Crippen molar-refractivity contribution in [2.75, 3.05) is 6.61 Å². The van der Waals surface area contributed by atoms with Gasteiger partial charge in [0.1, 0.15) is 5.76 Å². The van der Waals surface area contributed by atoms with Crippen LogP contribution in [0.15, 0.2) is 10.6 Å². The predicted molar refractivity (Wildman–Crippen MR) is 72.4 cm³/mol. The summed E-state index contributed by atoms with van der Waals surface area (Å²) >= 11 is 1.78. The van der Waals surface area contributed by atoms with Gasteiger partial charge in [0.25, 0.3) is 0 Å². The monoisotopic (exact) mass is 257 g/mol. The van der Waals surface area contributed by atoms with Crippen LogP contribution in [0.1, 0.15) is 57.9 Å². The molecule has 0 unspecified atom stereocenters. The predicted octanol–water partition coefficient (Wildman–Crippen LogP) is 3.54. The molecule has 0 spiro atoms. The highest BCUT2D eigenvalue weighted by molar-refractivity contribution is 8.00. The van der Waals surface area contributed by atoms with Crippen LogP contribution in [0.25, 0.3) is 0 Å². The summed E-state index contributed by atoms with van der Waals surface area (Å²) in [5.41, 5.74) is 0.00630. The van der Waals surface area contributed by atoms with Gasteiger partial charge in [0, 0.05) is 17.3 Å². The van der Waals surface area contributed by atoms with E-state index in [0.717, 1.165) is 18.1 Å². The Kier molecular flexibility index (Phi) is 5.07. The normalized spacial score (nSPS) is 15.9. The fourth-order valence-electron chi connectivity index (χ4n) is 1.48. The number of aliphatic hydroxyl groups excluding tert-OH is 1. The lowest BCUT2D eigenvalue weighted by atomic mass is 9.94. The fraction of sp³-hybridized carbons (Fsp3) is 0.769. The van der Waals surface area contributed by atoms with E-state index in [-0.39, 0.29) is 17.3 Å². The molecule has 0 radical (unpaired) electrons. The SMILES string of the molecule is C[C@H](S[C@@H](C)CCO)c1ncc(C(C)(C)C)o1. The van der Waals surface area contributed by atoms with Crippen LogP contribution < -0.4 is 0 Å². The molecule has 0 amide bonds. The molecule has 1 N–H and O–H groups in total. The van der Waals surface area contributed by atoms with Crippen LogP contribution in [0.2, 0.25) is 0 Å². The molecule has 0 aliphatic carbocycles. The molecule has 0 bridgehead atoms. The van der Waals surface area contributed by atoms with Gasteiger partial charge in [0.2, 0.25) is 5.89 Å². The second-order valence-corrected chi connectivity index (χ2v) is 7.20. The summed E-state index contributed by atoms with van der Waals surface area (Å²) in [5, 5.41) is 9.52. The van der Waals surface area contributed by atoms with E-state index < -0.39 is 0 Å². The number of nitrogens with zero attached hydrogens (tertiary/aromatic N) is 1. The molecule has 17 heavy (non-hydrogen) atoms. The van der Waals surface area contributed by atoms with Crippen molar-refractivity contribution in [1.82, 2.24) is 4.98 Å². The van der Waals surface area contributed by atoms with Gasteiger partial charge in [-0.1, -0.05) is 27.7 Å². The summed E-state index contributed by atoms with van der Waals surface area (Å²) in [7, 11) is 0. The van der Waals surface area contributed by atoms with Crippen molar-refractivity contribution in [2.45, 2.75) is 57.0 Å². The summed E-state index contributed by atoms with van der Waals surface area (Å²) in [6.45, 7) is 10.8. The molecular weight excluding hydrogens is 234 g/mol. The molecule has 0 saturated carbocycles. The lowest BCUT2D eigenvalue weighted by Gasteiger charge is -2.15. The van der Waals surface area contributed by atoms with Gasteiger partial charge in [-0.25, -0.2) is 4.98 Å². The van der Waals surface area contributed by atoms with Crippen LogP contribution in [-0.2, 0) is 5.41 Å². The number of rotatable bonds is 5. The third kappa shape index (κ3) is 4.36. The number of aliphatic hydroxyl groups is 1. The van der Waals surface area contributed by atoms with Crippen LogP contribution >= 0.6 is 11.8 Å². The molecular formula is C13H23NO2S. The van der Waals surface area contributed by atoms with E-state index in [9.17, 15) is 0 Å². The summed E-state index contributed by atoms with van der Waals surface area (Å²) in [6, 6.07) is 0. The van der Waals surface area contributed by atoms with Crippen LogP contribution in [0.4, 0.5) is 0 Å². The standard InChI is InChI=1S/C13H23NO2S/c1-9(6-7-15)17-10(2)12-14-8-11(16-12)13(3,4)5/h8-10,15H,6-7H2,1-5H3/t9-,10-/m0/s1. The maximum atomic E-state index is 8.88. The molecule has 0 aliphatic rings. The largest absolute Gasteiger partial charge is 0.444 e. The van der Waals surface area contributed by atoms with Crippen LogP contribution in [0.5, 0.6) is 0 Å². The van der Waals surface area contributed by atoms with Crippen LogP contribution in [-0.4, -0.2) is 21.9 Å². The average molecular weight is 257 g/mol. The second-order valence-electron chi connectivity index (χ2n) is 5.41. The lowest BCUT2D eigenvalue weighted by molar-refractivity contribution is 0.288. The van der Waals surface area contributed by atoms with E-state index >= 15 is 0 Å². The van der Waals surface area contributed by atoms with E-state index in [1.165, 1.54) is 0 Å². The molecule has 0 aromatic carbocycles. The van der Waals surface area contributed by atoms with Gasteiger partial charge in [-0.05, 0) is 13.3 Å². The first kappa shape index (κ1) is 14.6. The molecule has 98 valence electrons. The molecule has 1 rings (SSSR count). The third-order valence-corrected chi connectivity index (χ3v) is 3.89. The molecule has 1 aromatic rings. The van der Waals surface area contributed by atoms with Gasteiger partial charge in [0.15, 0.2) is 0 Å². The van der Waals surface area contributed by atoms with Gasteiger partial charge in [-0.3, -0.25) is 0 Å². The molecule has 1 heterocycles. The number of aromatic nitrogens is 1. The maximum absolute atomic E-state index is 8.88. The molecule has 2 atom stereocenters. The molecule has 4 heteroatoms. The van der Waals surface area contributed by atoms with Crippen LogP contribution in [0.3, 0.4) is 0 Å². The van der Waals surface area contributed by atoms with Crippen molar-refractivity contribution in [3.63, 3.8) is 0 Å². The maximum Gasteiger partial charge on any atom is 0.207 e. The minimum Gasteiger partial charge on any atom is -0.444 e. The van der Waals surface area contributed by atoms with Crippen molar-refractivity contribution >= 4 is 11.8 Å². The molecule has 0 saturated heterocycles. The highest BCUT2D eigenvalue weighted by atomic mass is 32.2.